The van der Waals surface area contributed by atoms with Gasteiger partial charge in [0, 0.05) is 24.4 Å². The maximum atomic E-state index is 12.3. The quantitative estimate of drug-likeness (QED) is 0.560. The fourth-order valence-electron chi connectivity index (χ4n) is 2.19. The van der Waals surface area contributed by atoms with Crippen molar-refractivity contribution in [2.24, 2.45) is 5.41 Å². The number of amides is 1. The van der Waals surface area contributed by atoms with E-state index in [-0.39, 0.29) is 26.2 Å². The van der Waals surface area contributed by atoms with Crippen molar-refractivity contribution in [2.45, 2.75) is 33.0 Å². The van der Waals surface area contributed by atoms with Crippen LogP contribution in [-0.4, -0.2) is 36.1 Å². The molecule has 1 amide bonds. The van der Waals surface area contributed by atoms with Crippen molar-refractivity contribution in [3.8, 4) is 0 Å². The Kier molecular flexibility index (Phi) is 6.88. The molecule has 26 heavy (non-hydrogen) atoms. The Morgan fingerprint density at radius 2 is 2.12 bits per heavy atom. The van der Waals surface area contributed by atoms with Gasteiger partial charge in [-0.15, -0.1) is 0 Å². The van der Waals surface area contributed by atoms with Gasteiger partial charge in [0.05, 0.1) is 20.1 Å². The number of nitrogens with one attached hydrogen (secondary N) is 1. The molecule has 2 rings (SSSR count). The van der Waals surface area contributed by atoms with Gasteiger partial charge in [-0.25, -0.2) is 4.57 Å². The first-order valence-corrected chi connectivity index (χ1v) is 9.41. The summed E-state index contributed by atoms with van der Waals surface area (Å²) in [6.45, 7) is 3.65. The van der Waals surface area contributed by atoms with Crippen molar-refractivity contribution in [3.63, 3.8) is 0 Å². The second-order valence-electron chi connectivity index (χ2n) is 6.38. The Morgan fingerprint density at radius 3 is 2.77 bits per heavy atom. The summed E-state index contributed by atoms with van der Waals surface area (Å²) in [4.78, 5) is 27.9. The third-order valence-electron chi connectivity index (χ3n) is 3.71. The Morgan fingerprint density at radius 1 is 1.42 bits per heavy atom. The smallest absolute Gasteiger partial charge is 0.461 e. The molecule has 2 heterocycles. The zero-order chi connectivity index (χ0) is 19.2. The summed E-state index contributed by atoms with van der Waals surface area (Å²) in [5, 5.41) is 2.57. The van der Waals surface area contributed by atoms with Crippen molar-refractivity contribution >= 4 is 19.7 Å². The number of phosphoric acid groups is 1. The van der Waals surface area contributed by atoms with Gasteiger partial charge < -0.3 is 10.1 Å². The summed E-state index contributed by atoms with van der Waals surface area (Å²) in [5.41, 5.74) is 0.0944. The van der Waals surface area contributed by atoms with Crippen molar-refractivity contribution in [1.29, 1.82) is 0 Å². The highest BCUT2D eigenvalue weighted by atomic mass is 31.2. The minimum atomic E-state index is -3.85. The predicted octanol–water partition coefficient (Wildman–Crippen LogP) is 1.99. The van der Waals surface area contributed by atoms with E-state index in [0.29, 0.717) is 0 Å². The molecule has 1 aliphatic heterocycles. The Balaban J connectivity index is 1.78. The first-order chi connectivity index (χ1) is 12.3. The standard InChI is InChI=1S/C16H22N2O7P/c1-16(2)11-24-26(21,22-3)25-14(16)15(20)18-9-6-13(19)23-10-12-4-7-17-8-5-12/h4-5,7-8,14H,3,6,9-11H2,1-2H3,(H,18,20)/t14-,26+/m0/s1. The summed E-state index contributed by atoms with van der Waals surface area (Å²) in [6, 6.07) is 3.48. The van der Waals surface area contributed by atoms with Gasteiger partial charge in [0.2, 0.25) is 5.91 Å². The van der Waals surface area contributed by atoms with Crippen LogP contribution in [0, 0.1) is 12.5 Å². The summed E-state index contributed by atoms with van der Waals surface area (Å²) >= 11 is 0. The van der Waals surface area contributed by atoms with E-state index >= 15 is 0 Å². The molecule has 143 valence electrons. The molecule has 0 saturated carbocycles. The van der Waals surface area contributed by atoms with Crippen LogP contribution >= 0.6 is 7.82 Å². The molecule has 0 spiro atoms. The molecular formula is C16H22N2O7P. The lowest BCUT2D eigenvalue weighted by atomic mass is 9.87. The highest BCUT2D eigenvalue weighted by molar-refractivity contribution is 7.48. The Labute approximate surface area is 152 Å². The highest BCUT2D eigenvalue weighted by Gasteiger charge is 2.48. The summed E-state index contributed by atoms with van der Waals surface area (Å²) in [6.07, 6.45) is 2.14. The van der Waals surface area contributed by atoms with E-state index < -0.39 is 31.2 Å². The molecule has 1 radical (unpaired) electrons. The number of phosphoric ester groups is 1. The number of hydrogen-bond donors (Lipinski definition) is 1. The van der Waals surface area contributed by atoms with Crippen molar-refractivity contribution in [2.75, 3.05) is 13.2 Å². The van der Waals surface area contributed by atoms with E-state index in [2.05, 4.69) is 21.9 Å². The Bertz CT molecular complexity index is 680. The lowest BCUT2D eigenvalue weighted by Gasteiger charge is -2.38. The second kappa shape index (κ2) is 8.73. The molecule has 1 fully saturated rings. The van der Waals surface area contributed by atoms with E-state index in [1.807, 2.05) is 0 Å². The van der Waals surface area contributed by atoms with E-state index in [0.717, 1.165) is 5.56 Å². The second-order valence-corrected chi connectivity index (χ2v) is 8.00. The zero-order valence-corrected chi connectivity index (χ0v) is 15.6. The molecule has 2 atom stereocenters. The number of esters is 1. The number of carbonyl (C=O) groups is 2. The first kappa shape index (κ1) is 20.5. The number of aromatic nitrogens is 1. The number of ether oxygens (including phenoxy) is 1. The first-order valence-electron chi connectivity index (χ1n) is 7.95. The average Bonchev–Trinajstić information content (AvgIpc) is 2.63. The fraction of sp³-hybridized carbons (Fsp3) is 0.500. The van der Waals surface area contributed by atoms with E-state index in [4.69, 9.17) is 13.8 Å². The largest absolute Gasteiger partial charge is 0.475 e. The average molecular weight is 385 g/mol. The van der Waals surface area contributed by atoms with Crippen LogP contribution in [0.15, 0.2) is 24.5 Å². The molecule has 1 aromatic heterocycles. The van der Waals surface area contributed by atoms with Crippen LogP contribution in [0.4, 0.5) is 0 Å². The van der Waals surface area contributed by atoms with Crippen LogP contribution in [0.5, 0.6) is 0 Å². The fourth-order valence-corrected chi connectivity index (χ4v) is 3.52. The van der Waals surface area contributed by atoms with Gasteiger partial charge in [0.25, 0.3) is 0 Å². The number of nitrogens with zero attached hydrogens (tertiary/aromatic N) is 1. The maximum absolute atomic E-state index is 12.3. The van der Waals surface area contributed by atoms with Gasteiger partial charge in [-0.05, 0) is 17.7 Å². The molecule has 9 nitrogen and oxygen atoms in total. The van der Waals surface area contributed by atoms with Gasteiger partial charge in [0.1, 0.15) is 6.61 Å². The SMILES string of the molecule is [CH2]O[P@]1(=O)OCC(C)(C)[C@H](C(=O)NCCC(=O)OCc2ccncc2)O1. The van der Waals surface area contributed by atoms with E-state index in [9.17, 15) is 14.2 Å². The minimum Gasteiger partial charge on any atom is -0.461 e. The molecule has 1 saturated heterocycles. The van der Waals surface area contributed by atoms with Crippen molar-refractivity contribution < 1.29 is 32.5 Å². The molecule has 0 aromatic carbocycles. The van der Waals surface area contributed by atoms with Crippen molar-refractivity contribution in [3.05, 3.63) is 37.2 Å². The van der Waals surface area contributed by atoms with Crippen LogP contribution < -0.4 is 5.32 Å². The van der Waals surface area contributed by atoms with Crippen LogP contribution in [0.1, 0.15) is 25.8 Å². The molecule has 1 aliphatic rings. The molecule has 0 aliphatic carbocycles. The lowest BCUT2D eigenvalue weighted by molar-refractivity contribution is -0.145. The zero-order valence-electron chi connectivity index (χ0n) is 14.7. The monoisotopic (exact) mass is 385 g/mol. The van der Waals surface area contributed by atoms with E-state index in [1.165, 1.54) is 0 Å². The van der Waals surface area contributed by atoms with Crippen LogP contribution in [0.2, 0.25) is 0 Å². The molecular weight excluding hydrogens is 363 g/mol. The molecule has 0 bridgehead atoms. The number of pyridine rings is 1. The minimum absolute atomic E-state index is 0.00581. The molecule has 0 unspecified atom stereocenters. The normalized spacial score (nSPS) is 24.7. The van der Waals surface area contributed by atoms with Gasteiger partial charge in [-0.2, -0.15) is 0 Å². The van der Waals surface area contributed by atoms with Crippen molar-refractivity contribution in [1.82, 2.24) is 10.3 Å². The van der Waals surface area contributed by atoms with Gasteiger partial charge in [0.15, 0.2) is 6.10 Å². The van der Waals surface area contributed by atoms with Gasteiger partial charge >= 0.3 is 13.8 Å². The molecule has 10 heteroatoms. The number of carbonyl (C=O) groups excluding carboxylic acids is 2. The van der Waals surface area contributed by atoms with Crippen LogP contribution in [0.25, 0.3) is 0 Å². The third kappa shape index (κ3) is 5.60. The lowest BCUT2D eigenvalue weighted by Crippen LogP contribution is -2.49. The maximum Gasteiger partial charge on any atom is 0.475 e. The Hall–Kier alpha value is -1.80. The van der Waals surface area contributed by atoms with Gasteiger partial charge in [-0.3, -0.25) is 28.1 Å². The summed E-state index contributed by atoms with van der Waals surface area (Å²) in [5.74, 6) is -0.974. The molecule has 1 N–H and O–H groups in total. The molecule has 1 aromatic rings. The predicted molar refractivity (Wildman–Crippen MR) is 90.3 cm³/mol. The van der Waals surface area contributed by atoms with Gasteiger partial charge in [-0.1, -0.05) is 13.8 Å². The topological polar surface area (TPSA) is 113 Å². The number of hydrogen-bond acceptors (Lipinski definition) is 8. The van der Waals surface area contributed by atoms with Crippen LogP contribution in [-0.2, 0) is 39.1 Å². The summed E-state index contributed by atoms with van der Waals surface area (Å²) in [7, 11) is -0.805. The number of rotatable bonds is 7. The third-order valence-corrected chi connectivity index (χ3v) is 4.94. The summed E-state index contributed by atoms with van der Waals surface area (Å²) < 4.78 is 31.8. The highest BCUT2D eigenvalue weighted by Crippen LogP contribution is 2.56. The van der Waals surface area contributed by atoms with Crippen LogP contribution in [0.3, 0.4) is 0 Å². The van der Waals surface area contributed by atoms with E-state index in [1.54, 1.807) is 38.4 Å².